The molecule has 0 saturated heterocycles. The highest BCUT2D eigenvalue weighted by molar-refractivity contribution is 5.88. The Morgan fingerprint density at radius 2 is 1.94 bits per heavy atom. The summed E-state index contributed by atoms with van der Waals surface area (Å²) < 4.78 is 5.09. The summed E-state index contributed by atoms with van der Waals surface area (Å²) in [5, 5.41) is 3.52. The minimum Gasteiger partial charge on any atom is -0.467 e. The van der Waals surface area contributed by atoms with E-state index in [9.17, 15) is 4.79 Å². The smallest absolute Gasteiger partial charge is 0.330 e. The fourth-order valence-electron chi connectivity index (χ4n) is 5.20. The zero-order chi connectivity index (χ0) is 22.8. The molecule has 172 valence electrons. The minimum atomic E-state index is -0.819. The quantitative estimate of drug-likeness (QED) is 0.595. The van der Waals surface area contributed by atoms with Crippen molar-refractivity contribution in [3.63, 3.8) is 0 Å². The third kappa shape index (κ3) is 4.47. The Bertz CT molecular complexity index is 1070. The van der Waals surface area contributed by atoms with Gasteiger partial charge in [0.2, 0.25) is 0 Å². The lowest BCUT2D eigenvalue weighted by Gasteiger charge is -2.33. The number of ether oxygens (including phenoxy) is 1. The summed E-state index contributed by atoms with van der Waals surface area (Å²) in [6, 6.07) is 15.9. The molecule has 1 unspecified atom stereocenters. The highest BCUT2D eigenvalue weighted by atomic mass is 16.5. The Balaban J connectivity index is 1.31. The normalized spacial score (nSPS) is 23.8. The second kappa shape index (κ2) is 9.14. The van der Waals surface area contributed by atoms with Crippen molar-refractivity contribution in [2.24, 2.45) is 4.99 Å². The van der Waals surface area contributed by atoms with Gasteiger partial charge in [-0.25, -0.2) is 4.79 Å². The number of hydrogen-bond acceptors (Lipinski definition) is 5. The Morgan fingerprint density at radius 1 is 1.15 bits per heavy atom. The van der Waals surface area contributed by atoms with E-state index in [1.54, 1.807) is 12.4 Å². The van der Waals surface area contributed by atoms with E-state index in [2.05, 4.69) is 64.7 Å². The van der Waals surface area contributed by atoms with E-state index in [0.717, 1.165) is 31.7 Å². The number of nitrogens with one attached hydrogen (secondary N) is 1. The lowest BCUT2D eigenvalue weighted by Crippen LogP contribution is -2.53. The summed E-state index contributed by atoms with van der Waals surface area (Å²) in [5.41, 5.74) is 5.90. The van der Waals surface area contributed by atoms with Gasteiger partial charge in [-0.2, -0.15) is 0 Å². The summed E-state index contributed by atoms with van der Waals surface area (Å²) in [7, 11) is 3.59. The van der Waals surface area contributed by atoms with E-state index in [1.165, 1.54) is 48.0 Å². The van der Waals surface area contributed by atoms with Gasteiger partial charge in [0.25, 0.3) is 0 Å². The SMILES string of the molecule is COC(=O)C1(NC[C@@H]2CCCc3cc(N(C)c4ccc(C5CC5)cc4)ccc32)C=CN=CC1. The molecule has 2 atom stereocenters. The number of benzene rings is 2. The van der Waals surface area contributed by atoms with Gasteiger partial charge in [-0.1, -0.05) is 18.2 Å². The topological polar surface area (TPSA) is 53.9 Å². The second-order valence-electron chi connectivity index (χ2n) is 9.59. The molecular weight excluding hydrogens is 410 g/mol. The number of hydrogen-bond donors (Lipinski definition) is 1. The predicted molar refractivity (Wildman–Crippen MR) is 134 cm³/mol. The van der Waals surface area contributed by atoms with Gasteiger partial charge < -0.3 is 9.64 Å². The summed E-state index contributed by atoms with van der Waals surface area (Å²) in [6.07, 6.45) is 11.8. The molecule has 3 aliphatic rings. The Morgan fingerprint density at radius 3 is 2.64 bits per heavy atom. The van der Waals surface area contributed by atoms with Crippen LogP contribution in [0.3, 0.4) is 0 Å². The first kappa shape index (κ1) is 21.9. The van der Waals surface area contributed by atoms with E-state index < -0.39 is 5.54 Å². The van der Waals surface area contributed by atoms with Crippen LogP contribution in [0.4, 0.5) is 11.4 Å². The molecule has 0 radical (unpaired) electrons. The highest BCUT2D eigenvalue weighted by Crippen LogP contribution is 2.41. The number of aryl methyl sites for hydroxylation is 1. The number of anilines is 2. The van der Waals surface area contributed by atoms with Crippen molar-refractivity contribution < 1.29 is 9.53 Å². The van der Waals surface area contributed by atoms with Crippen LogP contribution in [0.25, 0.3) is 0 Å². The van der Waals surface area contributed by atoms with Crippen LogP contribution in [-0.4, -0.2) is 38.4 Å². The van der Waals surface area contributed by atoms with Crippen LogP contribution in [0.1, 0.15) is 60.6 Å². The molecule has 0 spiro atoms. The molecule has 0 bridgehead atoms. The van der Waals surface area contributed by atoms with Crippen LogP contribution in [0.2, 0.25) is 0 Å². The van der Waals surface area contributed by atoms with Gasteiger partial charge in [-0.15, -0.1) is 0 Å². The molecule has 5 heteroatoms. The third-order valence-electron chi connectivity index (χ3n) is 7.46. The van der Waals surface area contributed by atoms with E-state index in [4.69, 9.17) is 4.74 Å². The monoisotopic (exact) mass is 443 g/mol. The van der Waals surface area contributed by atoms with Gasteiger partial charge in [-0.3, -0.25) is 10.3 Å². The van der Waals surface area contributed by atoms with Crippen LogP contribution >= 0.6 is 0 Å². The fraction of sp³-hybridized carbons (Fsp3) is 0.429. The minimum absolute atomic E-state index is 0.259. The summed E-state index contributed by atoms with van der Waals surface area (Å²) >= 11 is 0. The summed E-state index contributed by atoms with van der Waals surface area (Å²) in [5.74, 6) is 0.902. The molecule has 1 N–H and O–H groups in total. The molecular formula is C28H33N3O2. The average molecular weight is 444 g/mol. The van der Waals surface area contributed by atoms with Gasteiger partial charge in [0.1, 0.15) is 5.54 Å². The van der Waals surface area contributed by atoms with Crippen molar-refractivity contribution in [3.8, 4) is 0 Å². The molecule has 1 heterocycles. The number of esters is 1. The molecule has 1 saturated carbocycles. The van der Waals surface area contributed by atoms with Gasteiger partial charge >= 0.3 is 5.97 Å². The summed E-state index contributed by atoms with van der Waals surface area (Å²) in [4.78, 5) is 18.9. The zero-order valence-corrected chi connectivity index (χ0v) is 19.6. The molecule has 1 fully saturated rings. The standard InChI is InChI=1S/C28H33N3O2/c1-31(24-10-8-21(9-11-24)20-6-7-20)25-12-13-26-22(18-25)4-3-5-23(26)19-30-28(27(32)33-2)14-16-29-17-15-28/h8-14,16-18,20,23,30H,3-7,15,19H2,1-2H3/t23-,28?/m0/s1. The Labute approximate surface area is 196 Å². The van der Waals surface area contributed by atoms with Crippen LogP contribution in [0.5, 0.6) is 0 Å². The van der Waals surface area contributed by atoms with Crippen LogP contribution < -0.4 is 10.2 Å². The van der Waals surface area contributed by atoms with Crippen LogP contribution in [0.15, 0.2) is 59.7 Å². The predicted octanol–water partition coefficient (Wildman–Crippen LogP) is 5.24. The maximum absolute atomic E-state index is 12.5. The van der Waals surface area contributed by atoms with Crippen LogP contribution in [0, 0.1) is 0 Å². The second-order valence-corrected chi connectivity index (χ2v) is 9.59. The first-order valence-electron chi connectivity index (χ1n) is 12.1. The largest absolute Gasteiger partial charge is 0.467 e. The first-order valence-corrected chi connectivity index (χ1v) is 12.1. The van der Waals surface area contributed by atoms with Crippen molar-refractivity contribution in [3.05, 3.63) is 71.4 Å². The van der Waals surface area contributed by atoms with Gasteiger partial charge in [0.05, 0.1) is 7.11 Å². The van der Waals surface area contributed by atoms with Crippen molar-refractivity contribution in [1.29, 1.82) is 0 Å². The number of aliphatic imine (C=N–C) groups is 1. The van der Waals surface area contributed by atoms with Crippen molar-refractivity contribution in [2.75, 3.05) is 25.6 Å². The van der Waals surface area contributed by atoms with Crippen LogP contribution in [-0.2, 0) is 16.0 Å². The number of methoxy groups -OCH3 is 1. The fourth-order valence-corrected chi connectivity index (χ4v) is 5.20. The molecule has 0 aromatic heterocycles. The van der Waals surface area contributed by atoms with Crippen molar-refractivity contribution in [2.45, 2.75) is 55.9 Å². The number of nitrogens with zero attached hydrogens (tertiary/aromatic N) is 2. The molecule has 2 aliphatic carbocycles. The van der Waals surface area contributed by atoms with Crippen molar-refractivity contribution in [1.82, 2.24) is 5.32 Å². The maximum Gasteiger partial charge on any atom is 0.330 e. The Hall–Kier alpha value is -2.92. The molecule has 5 rings (SSSR count). The average Bonchev–Trinajstić information content (AvgIpc) is 3.72. The van der Waals surface area contributed by atoms with E-state index in [0.29, 0.717) is 12.3 Å². The molecule has 1 aliphatic heterocycles. The maximum atomic E-state index is 12.5. The number of carbonyl (C=O) groups is 1. The third-order valence-corrected chi connectivity index (χ3v) is 7.46. The zero-order valence-electron chi connectivity index (χ0n) is 19.6. The molecule has 2 aromatic rings. The molecule has 5 nitrogen and oxygen atoms in total. The van der Waals surface area contributed by atoms with Gasteiger partial charge in [0, 0.05) is 43.8 Å². The lowest BCUT2D eigenvalue weighted by molar-refractivity contribution is -0.146. The van der Waals surface area contributed by atoms with Gasteiger partial charge in [0.15, 0.2) is 0 Å². The number of rotatable bonds is 7. The number of carbonyl (C=O) groups excluding carboxylic acids is 1. The first-order chi connectivity index (χ1) is 16.1. The molecule has 2 aromatic carbocycles. The van der Waals surface area contributed by atoms with Gasteiger partial charge in [-0.05, 0) is 91.0 Å². The van der Waals surface area contributed by atoms with Crippen molar-refractivity contribution >= 4 is 23.6 Å². The van der Waals surface area contributed by atoms with E-state index >= 15 is 0 Å². The Kier molecular flexibility index (Phi) is 6.07. The summed E-state index contributed by atoms with van der Waals surface area (Å²) in [6.45, 7) is 0.734. The highest BCUT2D eigenvalue weighted by Gasteiger charge is 2.38. The van der Waals surface area contributed by atoms with E-state index in [-0.39, 0.29) is 5.97 Å². The lowest BCUT2D eigenvalue weighted by atomic mass is 9.81. The molecule has 33 heavy (non-hydrogen) atoms. The van der Waals surface area contributed by atoms with E-state index in [1.807, 2.05) is 6.08 Å². The molecule has 0 amide bonds. The number of fused-ring (bicyclic) bond motifs is 1.